The van der Waals surface area contributed by atoms with E-state index in [1.54, 1.807) is 26.0 Å². The summed E-state index contributed by atoms with van der Waals surface area (Å²) in [6, 6.07) is 7.16. The SMILES string of the molecule is CCNC(=O)[C@H]1CC(=O)N(c2ccc(Br)cc2)C(C)=C1C(=O)OC. The average Bonchev–Trinajstić information content (AvgIpc) is 2.55. The summed E-state index contributed by atoms with van der Waals surface area (Å²) in [5.41, 5.74) is 1.26. The first-order valence-electron chi connectivity index (χ1n) is 7.56. The molecule has 6 nitrogen and oxygen atoms in total. The third-order valence-corrected chi connectivity index (χ3v) is 4.39. The molecule has 1 aliphatic rings. The molecule has 1 N–H and O–H groups in total. The van der Waals surface area contributed by atoms with Crippen molar-refractivity contribution in [2.45, 2.75) is 20.3 Å². The van der Waals surface area contributed by atoms with Crippen molar-refractivity contribution in [2.24, 2.45) is 5.92 Å². The third kappa shape index (κ3) is 3.51. The first-order valence-corrected chi connectivity index (χ1v) is 8.35. The molecule has 2 rings (SSSR count). The molecule has 0 fully saturated rings. The molecule has 0 unspecified atom stereocenters. The maximum Gasteiger partial charge on any atom is 0.336 e. The van der Waals surface area contributed by atoms with Crippen molar-refractivity contribution in [1.82, 2.24) is 5.32 Å². The van der Waals surface area contributed by atoms with E-state index in [2.05, 4.69) is 21.2 Å². The first kappa shape index (κ1) is 18.2. The molecule has 24 heavy (non-hydrogen) atoms. The molecule has 0 saturated carbocycles. The number of anilines is 1. The number of ether oxygens (including phenoxy) is 1. The lowest BCUT2D eigenvalue weighted by Crippen LogP contribution is -2.44. The van der Waals surface area contributed by atoms with Gasteiger partial charge in [0.2, 0.25) is 11.8 Å². The second-order valence-electron chi connectivity index (χ2n) is 5.35. The summed E-state index contributed by atoms with van der Waals surface area (Å²) in [6.45, 7) is 3.86. The van der Waals surface area contributed by atoms with Gasteiger partial charge < -0.3 is 10.1 Å². The highest BCUT2D eigenvalue weighted by Gasteiger charge is 2.40. The molecule has 128 valence electrons. The molecule has 0 aromatic heterocycles. The minimum Gasteiger partial charge on any atom is -0.466 e. The van der Waals surface area contributed by atoms with Gasteiger partial charge in [0.1, 0.15) is 0 Å². The van der Waals surface area contributed by atoms with Gasteiger partial charge >= 0.3 is 5.97 Å². The third-order valence-electron chi connectivity index (χ3n) is 3.86. The quantitative estimate of drug-likeness (QED) is 0.795. The summed E-state index contributed by atoms with van der Waals surface area (Å²) in [6.07, 6.45) is -0.0797. The van der Waals surface area contributed by atoms with E-state index in [1.807, 2.05) is 12.1 Å². The smallest absolute Gasteiger partial charge is 0.336 e. The van der Waals surface area contributed by atoms with Gasteiger partial charge in [0.05, 0.1) is 18.6 Å². The van der Waals surface area contributed by atoms with E-state index in [0.29, 0.717) is 17.9 Å². The summed E-state index contributed by atoms with van der Waals surface area (Å²) < 4.78 is 5.72. The molecular weight excluding hydrogens is 376 g/mol. The number of carbonyl (C=O) groups is 3. The van der Waals surface area contributed by atoms with Gasteiger partial charge in [0.15, 0.2) is 0 Å². The van der Waals surface area contributed by atoms with E-state index in [9.17, 15) is 14.4 Å². The van der Waals surface area contributed by atoms with Crippen LogP contribution < -0.4 is 10.2 Å². The number of carbonyl (C=O) groups excluding carboxylic acids is 3. The van der Waals surface area contributed by atoms with Crippen LogP contribution in [0.4, 0.5) is 5.69 Å². The first-order chi connectivity index (χ1) is 11.4. The van der Waals surface area contributed by atoms with Crippen LogP contribution in [0.2, 0.25) is 0 Å². The summed E-state index contributed by atoms with van der Waals surface area (Å²) in [5, 5.41) is 2.67. The van der Waals surface area contributed by atoms with Gasteiger partial charge in [-0.1, -0.05) is 15.9 Å². The van der Waals surface area contributed by atoms with Crippen molar-refractivity contribution in [3.63, 3.8) is 0 Å². The number of benzene rings is 1. The second kappa shape index (κ2) is 7.61. The number of hydrogen-bond acceptors (Lipinski definition) is 4. The van der Waals surface area contributed by atoms with Crippen molar-refractivity contribution in [1.29, 1.82) is 0 Å². The highest BCUT2D eigenvalue weighted by atomic mass is 79.9. The maximum absolute atomic E-state index is 12.6. The van der Waals surface area contributed by atoms with Crippen molar-refractivity contribution in [3.05, 3.63) is 40.0 Å². The lowest BCUT2D eigenvalue weighted by atomic mass is 9.88. The summed E-state index contributed by atoms with van der Waals surface area (Å²) in [7, 11) is 1.26. The summed E-state index contributed by atoms with van der Waals surface area (Å²) in [5.74, 6) is -2.02. The molecule has 7 heteroatoms. The molecule has 1 heterocycles. The Hall–Kier alpha value is -2.15. The molecule has 0 aliphatic carbocycles. The number of nitrogens with one attached hydrogen (secondary N) is 1. The molecular formula is C17H19BrN2O4. The highest BCUT2D eigenvalue weighted by Crippen LogP contribution is 2.33. The summed E-state index contributed by atoms with van der Waals surface area (Å²) >= 11 is 3.35. The number of halogens is 1. The Morgan fingerprint density at radius 1 is 1.33 bits per heavy atom. The van der Waals surface area contributed by atoms with Crippen LogP contribution >= 0.6 is 15.9 Å². The Kier molecular flexibility index (Phi) is 5.77. The zero-order chi connectivity index (χ0) is 17.9. The van der Waals surface area contributed by atoms with Gasteiger partial charge in [0.25, 0.3) is 0 Å². The topological polar surface area (TPSA) is 75.7 Å². The fourth-order valence-electron chi connectivity index (χ4n) is 2.78. The lowest BCUT2D eigenvalue weighted by Gasteiger charge is -2.33. The Bertz CT molecular complexity index is 697. The highest BCUT2D eigenvalue weighted by molar-refractivity contribution is 9.10. The van der Waals surface area contributed by atoms with Crippen molar-refractivity contribution in [2.75, 3.05) is 18.6 Å². The zero-order valence-corrected chi connectivity index (χ0v) is 15.3. The molecule has 1 aliphatic heterocycles. The largest absolute Gasteiger partial charge is 0.466 e. The van der Waals surface area contributed by atoms with Gasteiger partial charge in [-0.2, -0.15) is 0 Å². The van der Waals surface area contributed by atoms with E-state index in [-0.39, 0.29) is 23.8 Å². The number of hydrogen-bond donors (Lipinski definition) is 1. The average molecular weight is 395 g/mol. The van der Waals surface area contributed by atoms with Crippen LogP contribution in [0.25, 0.3) is 0 Å². The van der Waals surface area contributed by atoms with Crippen LogP contribution in [0, 0.1) is 5.92 Å². The van der Waals surface area contributed by atoms with Crippen LogP contribution in [0.5, 0.6) is 0 Å². The maximum atomic E-state index is 12.6. The standard InChI is InChI=1S/C17H19BrN2O4/c1-4-19-16(22)13-9-14(21)20(10(2)15(13)17(23)24-3)12-7-5-11(18)6-8-12/h5-8,13H,4,9H2,1-3H3,(H,19,22)/t13-/m0/s1. The fraction of sp³-hybridized carbons (Fsp3) is 0.353. The minimum atomic E-state index is -0.836. The van der Waals surface area contributed by atoms with Gasteiger partial charge in [-0.15, -0.1) is 0 Å². The summed E-state index contributed by atoms with van der Waals surface area (Å²) in [4.78, 5) is 38.6. The van der Waals surface area contributed by atoms with Crippen LogP contribution in [-0.4, -0.2) is 31.4 Å². The van der Waals surface area contributed by atoms with E-state index in [0.717, 1.165) is 4.47 Å². The van der Waals surface area contributed by atoms with Gasteiger partial charge in [0, 0.05) is 28.8 Å². The molecule has 0 spiro atoms. The second-order valence-corrected chi connectivity index (χ2v) is 6.26. The molecule has 0 bridgehead atoms. The van der Waals surface area contributed by atoms with Gasteiger partial charge in [-0.3, -0.25) is 14.5 Å². The Morgan fingerprint density at radius 2 is 1.96 bits per heavy atom. The van der Waals surface area contributed by atoms with Gasteiger partial charge in [-0.25, -0.2) is 4.79 Å². The Labute approximate surface area is 149 Å². The number of amides is 2. The van der Waals surface area contributed by atoms with E-state index in [1.165, 1.54) is 12.0 Å². The molecule has 1 aromatic carbocycles. The predicted molar refractivity (Wildman–Crippen MR) is 93.1 cm³/mol. The molecule has 1 atom stereocenters. The van der Waals surface area contributed by atoms with Crippen LogP contribution in [0.1, 0.15) is 20.3 Å². The Morgan fingerprint density at radius 3 is 2.50 bits per heavy atom. The van der Waals surface area contributed by atoms with Crippen molar-refractivity contribution < 1.29 is 19.1 Å². The number of rotatable bonds is 4. The Balaban J connectivity index is 2.52. The van der Waals surface area contributed by atoms with Crippen molar-refractivity contribution in [3.8, 4) is 0 Å². The normalized spacial score (nSPS) is 17.8. The fourth-order valence-corrected chi connectivity index (χ4v) is 3.04. The number of methoxy groups -OCH3 is 1. The van der Waals surface area contributed by atoms with Gasteiger partial charge in [-0.05, 0) is 38.1 Å². The number of nitrogens with zero attached hydrogens (tertiary/aromatic N) is 1. The zero-order valence-electron chi connectivity index (χ0n) is 13.8. The van der Waals surface area contributed by atoms with Crippen LogP contribution in [0.3, 0.4) is 0 Å². The molecule has 0 radical (unpaired) electrons. The van der Waals surface area contributed by atoms with Crippen LogP contribution in [-0.2, 0) is 19.1 Å². The number of allylic oxidation sites excluding steroid dienone is 1. The van der Waals surface area contributed by atoms with E-state index in [4.69, 9.17) is 4.74 Å². The molecule has 0 saturated heterocycles. The van der Waals surface area contributed by atoms with E-state index >= 15 is 0 Å². The number of esters is 1. The van der Waals surface area contributed by atoms with E-state index < -0.39 is 11.9 Å². The monoisotopic (exact) mass is 394 g/mol. The predicted octanol–water partition coefficient (Wildman–Crippen LogP) is 2.39. The minimum absolute atomic E-state index is 0.0797. The van der Waals surface area contributed by atoms with Crippen molar-refractivity contribution >= 4 is 39.4 Å². The molecule has 2 amide bonds. The molecule has 1 aromatic rings. The lowest BCUT2D eigenvalue weighted by molar-refractivity contribution is -0.139. The van der Waals surface area contributed by atoms with Crippen LogP contribution in [0.15, 0.2) is 40.0 Å².